The molecule has 0 saturated heterocycles. The largest absolute Gasteiger partial charge is 0.381 e. The zero-order valence-corrected chi connectivity index (χ0v) is 5.44. The molecule has 0 aromatic carbocycles. The van der Waals surface area contributed by atoms with E-state index in [0.717, 1.165) is 26.1 Å². The van der Waals surface area contributed by atoms with Gasteiger partial charge in [0, 0.05) is 19.8 Å². The van der Waals surface area contributed by atoms with E-state index >= 15 is 0 Å². The molecule has 0 fully saturated rings. The smallest absolute Gasteiger partial charge is 0.0478 e. The number of nitrogens with one attached hydrogen (secondary N) is 1. The van der Waals surface area contributed by atoms with E-state index in [0.29, 0.717) is 6.54 Å². The molecule has 2 nitrogen and oxygen atoms in total. The Bertz CT molecular complexity index is 33.5. The second-order valence-electron chi connectivity index (χ2n) is 1.72. The molecule has 0 atom stereocenters. The second-order valence-corrected chi connectivity index (χ2v) is 1.72. The molecule has 0 spiro atoms. The Kier molecular flexibility index (Phi) is 6.85. The highest BCUT2D eigenvalue weighted by atomic mass is 16.5. The standard InChI is InChI=1S/C6H14NO/c1-2-5-8-6-3-4-7/h7H,2-6H2,1H3. The molecular weight excluding hydrogens is 102 g/mol. The molecule has 0 rings (SSSR count). The van der Waals surface area contributed by atoms with Crippen molar-refractivity contribution in [2.24, 2.45) is 0 Å². The summed E-state index contributed by atoms with van der Waals surface area (Å²) in [4.78, 5) is 0. The van der Waals surface area contributed by atoms with Gasteiger partial charge in [0.05, 0.1) is 0 Å². The summed E-state index contributed by atoms with van der Waals surface area (Å²) in [5.74, 6) is 0. The first-order chi connectivity index (χ1) is 3.91. The zero-order valence-electron chi connectivity index (χ0n) is 5.44. The minimum atomic E-state index is 0.490. The minimum Gasteiger partial charge on any atom is -0.381 e. The summed E-state index contributed by atoms with van der Waals surface area (Å²) in [5, 5.41) is 0. The maximum absolute atomic E-state index is 6.76. The minimum absolute atomic E-state index is 0.490. The molecule has 0 aromatic heterocycles. The molecule has 0 heterocycles. The monoisotopic (exact) mass is 116 g/mol. The highest BCUT2D eigenvalue weighted by Gasteiger charge is 1.82. The lowest BCUT2D eigenvalue weighted by Crippen LogP contribution is -1.98. The van der Waals surface area contributed by atoms with Gasteiger partial charge in [0.25, 0.3) is 0 Å². The number of ether oxygens (including phenoxy) is 1. The van der Waals surface area contributed by atoms with E-state index in [1.165, 1.54) is 0 Å². The summed E-state index contributed by atoms with van der Waals surface area (Å²) in [5.41, 5.74) is 6.76. The Morgan fingerprint density at radius 2 is 2.12 bits per heavy atom. The van der Waals surface area contributed by atoms with Gasteiger partial charge >= 0.3 is 0 Å². The van der Waals surface area contributed by atoms with E-state index < -0.39 is 0 Å². The van der Waals surface area contributed by atoms with Gasteiger partial charge in [-0.2, -0.15) is 0 Å². The molecule has 0 aliphatic rings. The third-order valence-corrected chi connectivity index (χ3v) is 0.814. The van der Waals surface area contributed by atoms with Crippen molar-refractivity contribution < 1.29 is 4.74 Å². The molecule has 0 saturated carbocycles. The second kappa shape index (κ2) is 6.92. The van der Waals surface area contributed by atoms with Crippen LogP contribution in [0.4, 0.5) is 0 Å². The van der Waals surface area contributed by atoms with Crippen molar-refractivity contribution in [3.63, 3.8) is 0 Å². The van der Waals surface area contributed by atoms with E-state index in [1.54, 1.807) is 0 Å². The first-order valence-corrected chi connectivity index (χ1v) is 3.14. The lowest BCUT2D eigenvalue weighted by Gasteiger charge is -1.97. The Hall–Kier alpha value is -0.0800. The van der Waals surface area contributed by atoms with Crippen LogP contribution in [0.25, 0.3) is 0 Å². The van der Waals surface area contributed by atoms with Crippen molar-refractivity contribution in [2.45, 2.75) is 19.8 Å². The van der Waals surface area contributed by atoms with Gasteiger partial charge in [-0.1, -0.05) is 6.92 Å². The van der Waals surface area contributed by atoms with E-state index in [9.17, 15) is 0 Å². The molecule has 0 aliphatic heterocycles. The fourth-order valence-electron chi connectivity index (χ4n) is 0.421. The Morgan fingerprint density at radius 3 is 2.62 bits per heavy atom. The summed E-state index contributed by atoms with van der Waals surface area (Å²) in [6.07, 6.45) is 1.96. The number of rotatable bonds is 5. The highest BCUT2D eigenvalue weighted by Crippen LogP contribution is 1.82. The zero-order chi connectivity index (χ0) is 6.24. The molecule has 0 aliphatic carbocycles. The predicted octanol–water partition coefficient (Wildman–Crippen LogP) is 1.09. The Labute approximate surface area is 51.0 Å². The van der Waals surface area contributed by atoms with Gasteiger partial charge in [-0.05, 0) is 12.8 Å². The summed E-state index contributed by atoms with van der Waals surface area (Å²) < 4.78 is 5.10. The third-order valence-electron chi connectivity index (χ3n) is 0.814. The van der Waals surface area contributed by atoms with E-state index in [4.69, 9.17) is 10.5 Å². The molecule has 0 unspecified atom stereocenters. The van der Waals surface area contributed by atoms with Crippen LogP contribution in [0.1, 0.15) is 19.8 Å². The summed E-state index contributed by atoms with van der Waals surface area (Å²) in [6.45, 7) is 4.18. The molecule has 0 amide bonds. The van der Waals surface area contributed by atoms with Gasteiger partial charge in [-0.25, -0.2) is 0 Å². The fraction of sp³-hybridized carbons (Fsp3) is 1.00. The summed E-state index contributed by atoms with van der Waals surface area (Å²) in [7, 11) is 0. The predicted molar refractivity (Wildman–Crippen MR) is 33.7 cm³/mol. The maximum atomic E-state index is 6.76. The van der Waals surface area contributed by atoms with Gasteiger partial charge in [-0.15, -0.1) is 0 Å². The molecule has 1 radical (unpaired) electrons. The topological polar surface area (TPSA) is 33.0 Å². The average Bonchev–Trinajstić information content (AvgIpc) is 1.81. The fourth-order valence-corrected chi connectivity index (χ4v) is 0.421. The number of hydrogen-bond donors (Lipinski definition) is 0. The van der Waals surface area contributed by atoms with Crippen molar-refractivity contribution in [1.82, 2.24) is 5.73 Å². The van der Waals surface area contributed by atoms with E-state index in [2.05, 4.69) is 6.92 Å². The van der Waals surface area contributed by atoms with Gasteiger partial charge in [-0.3, -0.25) is 5.73 Å². The Morgan fingerprint density at radius 1 is 1.38 bits per heavy atom. The quantitative estimate of drug-likeness (QED) is 0.495. The van der Waals surface area contributed by atoms with E-state index in [1.807, 2.05) is 0 Å². The first-order valence-electron chi connectivity index (χ1n) is 3.14. The highest BCUT2D eigenvalue weighted by molar-refractivity contribution is 4.33. The molecule has 2 heteroatoms. The molecule has 0 bridgehead atoms. The van der Waals surface area contributed by atoms with Gasteiger partial charge in [0.15, 0.2) is 0 Å². The van der Waals surface area contributed by atoms with Crippen molar-refractivity contribution >= 4 is 0 Å². The van der Waals surface area contributed by atoms with Crippen LogP contribution in [-0.2, 0) is 4.74 Å². The molecule has 49 valence electrons. The van der Waals surface area contributed by atoms with Crippen LogP contribution in [0.2, 0.25) is 0 Å². The number of hydrogen-bond acceptors (Lipinski definition) is 1. The van der Waals surface area contributed by atoms with Crippen LogP contribution in [0, 0.1) is 0 Å². The van der Waals surface area contributed by atoms with Crippen LogP contribution in [-0.4, -0.2) is 19.8 Å². The van der Waals surface area contributed by atoms with Crippen molar-refractivity contribution in [3.8, 4) is 0 Å². The van der Waals surface area contributed by atoms with Crippen molar-refractivity contribution in [3.05, 3.63) is 0 Å². The summed E-state index contributed by atoms with van der Waals surface area (Å²) >= 11 is 0. The maximum Gasteiger partial charge on any atom is 0.0478 e. The van der Waals surface area contributed by atoms with Crippen LogP contribution in [0.15, 0.2) is 0 Å². The molecule has 1 N–H and O–H groups in total. The normalized spacial score (nSPS) is 9.75. The summed E-state index contributed by atoms with van der Waals surface area (Å²) in [6, 6.07) is 0. The van der Waals surface area contributed by atoms with Gasteiger partial charge in [0.2, 0.25) is 0 Å². The van der Waals surface area contributed by atoms with Gasteiger partial charge in [0.1, 0.15) is 0 Å². The van der Waals surface area contributed by atoms with Gasteiger partial charge < -0.3 is 4.74 Å². The lowest BCUT2D eigenvalue weighted by molar-refractivity contribution is 0.133. The lowest BCUT2D eigenvalue weighted by atomic mass is 10.4. The molecule has 8 heavy (non-hydrogen) atoms. The van der Waals surface area contributed by atoms with Crippen molar-refractivity contribution in [1.29, 1.82) is 0 Å². The SMILES string of the molecule is CCCOCCC[NH]. The molecule has 0 aromatic rings. The first kappa shape index (κ1) is 7.92. The van der Waals surface area contributed by atoms with Crippen molar-refractivity contribution in [2.75, 3.05) is 19.8 Å². The van der Waals surface area contributed by atoms with Crippen LogP contribution in [0.5, 0.6) is 0 Å². The van der Waals surface area contributed by atoms with E-state index in [-0.39, 0.29) is 0 Å². The third kappa shape index (κ3) is 5.92. The van der Waals surface area contributed by atoms with Crippen LogP contribution < -0.4 is 5.73 Å². The van der Waals surface area contributed by atoms with Crippen LogP contribution in [0.3, 0.4) is 0 Å². The Balaban J connectivity index is 2.53. The average molecular weight is 116 g/mol. The molecular formula is C6H14NO. The van der Waals surface area contributed by atoms with Crippen LogP contribution >= 0.6 is 0 Å².